The number of esters is 1. The Morgan fingerprint density at radius 2 is 1.65 bits per heavy atom. The van der Waals surface area contributed by atoms with Crippen molar-refractivity contribution in [3.63, 3.8) is 0 Å². The van der Waals surface area contributed by atoms with E-state index in [2.05, 4.69) is 0 Å². The fraction of sp³-hybridized carbons (Fsp3) is 0.529. The minimum atomic E-state index is -0.514. The van der Waals surface area contributed by atoms with Crippen LogP contribution in [0, 0.1) is 11.3 Å². The molecule has 0 unspecified atom stereocenters. The third kappa shape index (κ3) is 10.1. The van der Waals surface area contributed by atoms with E-state index >= 15 is 0 Å². The highest BCUT2D eigenvalue weighted by atomic mass is 16.6. The Hall–Kier alpha value is -1.82. The standard InChI is InChI=1S/C12H13NO2.2C2H6.CH4/c1-12(2,3)15-11(14)10-6-4-5-9(7-10)8-13;2*1-2;/h4-7H,1-3H3;2*1-2H3;1H4. The Balaban J connectivity index is -0.000000529. The molecule has 0 aliphatic rings. The molecule has 3 heteroatoms. The van der Waals surface area contributed by atoms with Crippen molar-refractivity contribution in [3.05, 3.63) is 35.4 Å². The third-order valence-electron chi connectivity index (χ3n) is 1.63. The van der Waals surface area contributed by atoms with Crippen LogP contribution in [0.5, 0.6) is 0 Å². The van der Waals surface area contributed by atoms with Crippen LogP contribution in [0.25, 0.3) is 0 Å². The van der Waals surface area contributed by atoms with Gasteiger partial charge in [0, 0.05) is 0 Å². The van der Waals surface area contributed by atoms with Crippen LogP contribution in [-0.4, -0.2) is 11.6 Å². The number of benzene rings is 1. The molecule has 1 rings (SSSR count). The maximum absolute atomic E-state index is 11.6. The van der Waals surface area contributed by atoms with Crippen LogP contribution < -0.4 is 0 Å². The number of carbonyl (C=O) groups is 1. The van der Waals surface area contributed by atoms with Gasteiger partial charge >= 0.3 is 5.97 Å². The number of hydrogen-bond acceptors (Lipinski definition) is 3. The highest BCUT2D eigenvalue weighted by molar-refractivity contribution is 5.90. The Morgan fingerprint density at radius 3 is 2.05 bits per heavy atom. The molecule has 1 aromatic carbocycles. The van der Waals surface area contributed by atoms with Gasteiger partial charge in [0.2, 0.25) is 0 Å². The fourth-order valence-corrected chi connectivity index (χ4v) is 1.05. The van der Waals surface area contributed by atoms with Gasteiger partial charge in [-0.25, -0.2) is 4.79 Å². The van der Waals surface area contributed by atoms with Crippen LogP contribution >= 0.6 is 0 Å². The highest BCUT2D eigenvalue weighted by Crippen LogP contribution is 2.12. The predicted molar refractivity (Wildman–Crippen MR) is 85.8 cm³/mol. The molecule has 0 amide bonds. The number of hydrogen-bond donors (Lipinski definition) is 0. The SMILES string of the molecule is C.CC.CC.CC(C)(C)OC(=O)c1cccc(C#N)c1. The third-order valence-corrected chi connectivity index (χ3v) is 1.63. The first-order valence-electron chi connectivity index (χ1n) is 6.66. The monoisotopic (exact) mass is 279 g/mol. The van der Waals surface area contributed by atoms with Gasteiger partial charge in [-0.2, -0.15) is 5.26 Å². The van der Waals surface area contributed by atoms with Gasteiger partial charge in [-0.1, -0.05) is 41.2 Å². The maximum Gasteiger partial charge on any atom is 0.338 e. The highest BCUT2D eigenvalue weighted by Gasteiger charge is 2.17. The quantitative estimate of drug-likeness (QED) is 0.664. The first-order valence-corrected chi connectivity index (χ1v) is 6.66. The van der Waals surface area contributed by atoms with Crippen molar-refractivity contribution in [2.24, 2.45) is 0 Å². The Kier molecular flexibility index (Phi) is 14.2. The molecule has 0 saturated heterocycles. The van der Waals surface area contributed by atoms with Gasteiger partial charge in [-0.05, 0) is 39.0 Å². The van der Waals surface area contributed by atoms with Crippen molar-refractivity contribution >= 4 is 5.97 Å². The van der Waals surface area contributed by atoms with E-state index in [0.717, 1.165) is 0 Å². The molecule has 3 nitrogen and oxygen atoms in total. The molecule has 0 aliphatic carbocycles. The topological polar surface area (TPSA) is 50.1 Å². The van der Waals surface area contributed by atoms with E-state index in [0.29, 0.717) is 11.1 Å². The first-order chi connectivity index (χ1) is 8.92. The van der Waals surface area contributed by atoms with Gasteiger partial charge in [0.1, 0.15) is 5.60 Å². The molecule has 0 N–H and O–H groups in total. The van der Waals surface area contributed by atoms with Crippen molar-refractivity contribution in [1.29, 1.82) is 5.26 Å². The van der Waals surface area contributed by atoms with Crippen LogP contribution in [-0.2, 0) is 4.74 Å². The molecule has 0 heterocycles. The molecule has 0 aromatic heterocycles. The summed E-state index contributed by atoms with van der Waals surface area (Å²) in [6.45, 7) is 13.4. The summed E-state index contributed by atoms with van der Waals surface area (Å²) in [6.07, 6.45) is 0. The molecule has 20 heavy (non-hydrogen) atoms. The van der Waals surface area contributed by atoms with E-state index in [1.54, 1.807) is 39.0 Å². The maximum atomic E-state index is 11.6. The van der Waals surface area contributed by atoms with E-state index in [1.165, 1.54) is 6.07 Å². The molecule has 0 radical (unpaired) electrons. The molecule has 0 aliphatic heterocycles. The Morgan fingerprint density at radius 1 is 1.15 bits per heavy atom. The van der Waals surface area contributed by atoms with E-state index in [9.17, 15) is 4.79 Å². The lowest BCUT2D eigenvalue weighted by Crippen LogP contribution is -2.23. The Bertz CT molecular complexity index is 412. The van der Waals surface area contributed by atoms with Crippen molar-refractivity contribution in [1.82, 2.24) is 0 Å². The molecular weight excluding hydrogens is 250 g/mol. The largest absolute Gasteiger partial charge is 0.456 e. The smallest absolute Gasteiger partial charge is 0.338 e. The summed E-state index contributed by atoms with van der Waals surface area (Å²) in [6, 6.07) is 8.44. The summed E-state index contributed by atoms with van der Waals surface area (Å²) >= 11 is 0. The lowest BCUT2D eigenvalue weighted by molar-refractivity contribution is 0.00695. The van der Waals surface area contributed by atoms with Crippen molar-refractivity contribution in [3.8, 4) is 6.07 Å². The van der Waals surface area contributed by atoms with E-state index in [1.807, 2.05) is 33.8 Å². The van der Waals surface area contributed by atoms with Gasteiger partial charge in [-0.3, -0.25) is 0 Å². The lowest BCUT2D eigenvalue weighted by atomic mass is 10.1. The fourth-order valence-electron chi connectivity index (χ4n) is 1.05. The zero-order valence-electron chi connectivity index (χ0n) is 13.1. The normalized spacial score (nSPS) is 8.50. The summed E-state index contributed by atoms with van der Waals surface area (Å²) in [4.78, 5) is 11.6. The molecule has 114 valence electrons. The zero-order chi connectivity index (χ0) is 15.5. The average Bonchev–Trinajstić information content (AvgIpc) is 2.41. The number of ether oxygens (including phenoxy) is 1. The van der Waals surface area contributed by atoms with Gasteiger partial charge in [0.15, 0.2) is 0 Å². The minimum absolute atomic E-state index is 0. The second kappa shape index (κ2) is 12.2. The molecular formula is C17H29NO2. The number of nitrogens with zero attached hydrogens (tertiary/aromatic N) is 1. The summed E-state index contributed by atoms with van der Waals surface area (Å²) in [5.41, 5.74) is 0.349. The van der Waals surface area contributed by atoms with Gasteiger partial charge < -0.3 is 4.74 Å². The number of nitriles is 1. The van der Waals surface area contributed by atoms with Crippen molar-refractivity contribution in [2.75, 3.05) is 0 Å². The average molecular weight is 279 g/mol. The van der Waals surface area contributed by atoms with Crippen molar-refractivity contribution < 1.29 is 9.53 Å². The van der Waals surface area contributed by atoms with Gasteiger partial charge in [0.05, 0.1) is 17.2 Å². The lowest BCUT2D eigenvalue weighted by Gasteiger charge is -2.19. The molecule has 0 fully saturated rings. The number of rotatable bonds is 1. The predicted octanol–water partition coefficient (Wildman–Crippen LogP) is 5.20. The Labute approximate surface area is 124 Å². The number of carbonyl (C=O) groups excluding carboxylic acids is 1. The van der Waals surface area contributed by atoms with E-state index in [4.69, 9.17) is 10.00 Å². The molecule has 0 bridgehead atoms. The summed E-state index contributed by atoms with van der Waals surface area (Å²) in [5, 5.41) is 8.67. The molecule has 0 spiro atoms. The molecule has 0 atom stereocenters. The summed E-state index contributed by atoms with van der Waals surface area (Å²) < 4.78 is 5.17. The first kappa shape index (κ1) is 23.3. The summed E-state index contributed by atoms with van der Waals surface area (Å²) in [7, 11) is 0. The second-order valence-corrected chi connectivity index (χ2v) is 4.19. The van der Waals surface area contributed by atoms with E-state index < -0.39 is 11.6 Å². The minimum Gasteiger partial charge on any atom is -0.456 e. The van der Waals surface area contributed by atoms with Crippen LogP contribution in [0.1, 0.15) is 71.8 Å². The van der Waals surface area contributed by atoms with Crippen LogP contribution in [0.4, 0.5) is 0 Å². The van der Waals surface area contributed by atoms with Gasteiger partial charge in [0.25, 0.3) is 0 Å². The second-order valence-electron chi connectivity index (χ2n) is 4.19. The van der Waals surface area contributed by atoms with Crippen molar-refractivity contribution in [2.45, 2.75) is 61.5 Å². The van der Waals surface area contributed by atoms with Crippen LogP contribution in [0.3, 0.4) is 0 Å². The summed E-state index contributed by atoms with van der Waals surface area (Å²) in [5.74, 6) is -0.403. The van der Waals surface area contributed by atoms with Crippen LogP contribution in [0.2, 0.25) is 0 Å². The van der Waals surface area contributed by atoms with Gasteiger partial charge in [-0.15, -0.1) is 0 Å². The zero-order valence-corrected chi connectivity index (χ0v) is 13.1. The van der Waals surface area contributed by atoms with Crippen LogP contribution in [0.15, 0.2) is 24.3 Å². The molecule has 0 saturated carbocycles. The molecule has 1 aromatic rings. The van der Waals surface area contributed by atoms with E-state index in [-0.39, 0.29) is 7.43 Å².